The van der Waals surface area contributed by atoms with Crippen molar-refractivity contribution in [1.82, 2.24) is 14.9 Å². The molecule has 8 heteroatoms. The second-order valence-electron chi connectivity index (χ2n) is 6.88. The van der Waals surface area contributed by atoms with E-state index in [1.807, 2.05) is 31.2 Å². The Kier molecular flexibility index (Phi) is 8.37. The number of hydrogen-bond acceptors (Lipinski definition) is 4. The van der Waals surface area contributed by atoms with Gasteiger partial charge in [-0.1, -0.05) is 19.1 Å². The number of hydrogen-bond donors (Lipinski definition) is 2. The molecule has 2 amide bonds. The molecular formula is C19H31N3O4S. The summed E-state index contributed by atoms with van der Waals surface area (Å²) in [5, 5.41) is 2.95. The molecule has 1 fully saturated rings. The van der Waals surface area contributed by atoms with Crippen LogP contribution >= 0.6 is 0 Å². The van der Waals surface area contributed by atoms with Gasteiger partial charge in [0.05, 0.1) is 12.9 Å². The highest BCUT2D eigenvalue weighted by molar-refractivity contribution is 7.89. The molecule has 1 aromatic rings. The third-order valence-electron chi connectivity index (χ3n) is 4.68. The first-order valence-corrected chi connectivity index (χ1v) is 11.2. The number of sulfonamides is 1. The lowest BCUT2D eigenvalue weighted by Crippen LogP contribution is -2.49. The molecule has 0 unspecified atom stereocenters. The zero-order valence-electron chi connectivity index (χ0n) is 16.2. The van der Waals surface area contributed by atoms with Crippen molar-refractivity contribution in [3.05, 3.63) is 29.8 Å². The van der Waals surface area contributed by atoms with Crippen LogP contribution in [-0.4, -0.2) is 57.9 Å². The van der Waals surface area contributed by atoms with Crippen molar-refractivity contribution >= 4 is 16.1 Å². The number of aryl methyl sites for hydroxylation is 1. The van der Waals surface area contributed by atoms with Crippen LogP contribution in [0.15, 0.2) is 24.3 Å². The fourth-order valence-corrected chi connectivity index (χ4v) is 4.57. The van der Waals surface area contributed by atoms with Gasteiger partial charge < -0.3 is 15.0 Å². The fourth-order valence-electron chi connectivity index (χ4n) is 3.17. The minimum atomic E-state index is -3.19. The van der Waals surface area contributed by atoms with Gasteiger partial charge in [-0.15, -0.1) is 0 Å². The lowest BCUT2D eigenvalue weighted by molar-refractivity contribution is 0.180. The van der Waals surface area contributed by atoms with Gasteiger partial charge in [-0.3, -0.25) is 0 Å². The number of nitrogens with one attached hydrogen (secondary N) is 2. The van der Waals surface area contributed by atoms with Gasteiger partial charge in [0.25, 0.3) is 0 Å². The summed E-state index contributed by atoms with van der Waals surface area (Å²) in [6, 6.07) is 7.80. The van der Waals surface area contributed by atoms with Crippen LogP contribution < -0.4 is 14.8 Å². The minimum Gasteiger partial charge on any atom is -0.497 e. The number of urea groups is 1. The lowest BCUT2D eigenvalue weighted by atomic mass is 10.1. The Morgan fingerprint density at radius 2 is 1.89 bits per heavy atom. The maximum Gasteiger partial charge on any atom is 0.317 e. The van der Waals surface area contributed by atoms with E-state index >= 15 is 0 Å². The van der Waals surface area contributed by atoms with Crippen LogP contribution in [0.25, 0.3) is 0 Å². The molecule has 2 N–H and O–H groups in total. The Balaban J connectivity index is 1.64. The number of nitrogens with zero attached hydrogens (tertiary/aromatic N) is 1. The second kappa shape index (κ2) is 10.5. The number of ether oxygens (including phenoxy) is 1. The molecule has 1 aliphatic heterocycles. The molecule has 0 bridgehead atoms. The van der Waals surface area contributed by atoms with Crippen molar-refractivity contribution in [2.45, 2.75) is 45.1 Å². The molecule has 27 heavy (non-hydrogen) atoms. The normalized spacial score (nSPS) is 15.6. The minimum absolute atomic E-state index is 0.0688. The highest BCUT2D eigenvalue weighted by atomic mass is 32.2. The Morgan fingerprint density at radius 3 is 2.48 bits per heavy atom. The number of likely N-dealkylation sites (tertiary alicyclic amines) is 1. The number of amides is 2. The van der Waals surface area contributed by atoms with E-state index in [-0.39, 0.29) is 17.8 Å². The first-order valence-electron chi connectivity index (χ1n) is 9.59. The van der Waals surface area contributed by atoms with Crippen LogP contribution in [0.1, 0.15) is 38.2 Å². The molecule has 152 valence electrons. The van der Waals surface area contributed by atoms with E-state index in [0.29, 0.717) is 38.9 Å². The molecule has 7 nitrogen and oxygen atoms in total. The first-order chi connectivity index (χ1) is 12.9. The van der Waals surface area contributed by atoms with E-state index in [0.717, 1.165) is 18.6 Å². The number of methoxy groups -OCH3 is 1. The van der Waals surface area contributed by atoms with Gasteiger partial charge in [-0.25, -0.2) is 17.9 Å². The van der Waals surface area contributed by atoms with Gasteiger partial charge in [0.15, 0.2) is 0 Å². The lowest BCUT2D eigenvalue weighted by Gasteiger charge is -2.32. The van der Waals surface area contributed by atoms with Crippen LogP contribution in [0.5, 0.6) is 5.75 Å². The van der Waals surface area contributed by atoms with Gasteiger partial charge in [0.1, 0.15) is 5.75 Å². The maximum atomic E-state index is 12.2. The van der Waals surface area contributed by atoms with E-state index in [9.17, 15) is 13.2 Å². The Morgan fingerprint density at radius 1 is 1.22 bits per heavy atom. The standard InChI is InChI=1S/C19H31N3O4S/c1-3-15-27(24,25)21-17-10-13-22(14-11-17)19(23)20-12-4-5-16-6-8-18(26-2)9-7-16/h6-9,17,21H,3-5,10-15H2,1-2H3,(H,20,23). The topological polar surface area (TPSA) is 87.7 Å². The van der Waals surface area contributed by atoms with Gasteiger partial charge in [0.2, 0.25) is 10.0 Å². The zero-order chi connectivity index (χ0) is 19.7. The molecule has 0 radical (unpaired) electrons. The highest BCUT2D eigenvalue weighted by Crippen LogP contribution is 2.13. The molecule has 0 aromatic heterocycles. The third kappa shape index (κ3) is 7.38. The van der Waals surface area contributed by atoms with Crippen molar-refractivity contribution < 1.29 is 17.9 Å². The SMILES string of the molecule is CCCS(=O)(=O)NC1CCN(C(=O)NCCCc2ccc(OC)cc2)CC1. The van der Waals surface area contributed by atoms with Gasteiger partial charge >= 0.3 is 6.03 Å². The summed E-state index contributed by atoms with van der Waals surface area (Å²) in [5.74, 6) is 0.995. The molecule has 0 atom stereocenters. The van der Waals surface area contributed by atoms with Crippen LogP contribution in [-0.2, 0) is 16.4 Å². The number of carbonyl (C=O) groups is 1. The molecule has 2 rings (SSSR count). The predicted molar refractivity (Wildman–Crippen MR) is 107 cm³/mol. The van der Waals surface area contributed by atoms with E-state index in [1.165, 1.54) is 5.56 Å². The van der Waals surface area contributed by atoms with Crippen molar-refractivity contribution in [3.8, 4) is 5.75 Å². The molecular weight excluding hydrogens is 366 g/mol. The summed E-state index contributed by atoms with van der Waals surface area (Å²) in [6.45, 7) is 3.61. The van der Waals surface area contributed by atoms with Crippen LogP contribution in [0.2, 0.25) is 0 Å². The fraction of sp³-hybridized carbons (Fsp3) is 0.632. The Labute approximate surface area is 162 Å². The van der Waals surface area contributed by atoms with Gasteiger partial charge in [-0.05, 0) is 49.8 Å². The third-order valence-corrected chi connectivity index (χ3v) is 6.32. The molecule has 0 saturated carbocycles. The van der Waals surface area contributed by atoms with Crippen LogP contribution in [0, 0.1) is 0 Å². The largest absolute Gasteiger partial charge is 0.497 e. The van der Waals surface area contributed by atoms with Crippen molar-refractivity contribution in [1.29, 1.82) is 0 Å². The molecule has 1 aromatic carbocycles. The smallest absolute Gasteiger partial charge is 0.317 e. The molecule has 1 heterocycles. The van der Waals surface area contributed by atoms with Crippen LogP contribution in [0.4, 0.5) is 4.79 Å². The van der Waals surface area contributed by atoms with Crippen molar-refractivity contribution in [3.63, 3.8) is 0 Å². The summed E-state index contributed by atoms with van der Waals surface area (Å²) in [6.07, 6.45) is 3.68. The van der Waals surface area contributed by atoms with Gasteiger partial charge in [0, 0.05) is 25.7 Å². The Hall–Kier alpha value is -1.80. The second-order valence-corrected chi connectivity index (χ2v) is 8.76. The predicted octanol–water partition coefficient (Wildman–Crippen LogP) is 2.13. The zero-order valence-corrected chi connectivity index (χ0v) is 17.1. The van der Waals surface area contributed by atoms with E-state index in [1.54, 1.807) is 12.0 Å². The summed E-state index contributed by atoms with van der Waals surface area (Å²) < 4.78 is 31.5. The Bertz CT molecular complexity index is 683. The van der Waals surface area contributed by atoms with E-state index in [2.05, 4.69) is 10.0 Å². The molecule has 0 spiro atoms. The highest BCUT2D eigenvalue weighted by Gasteiger charge is 2.25. The monoisotopic (exact) mass is 397 g/mol. The average Bonchev–Trinajstić information content (AvgIpc) is 2.65. The molecule has 0 aliphatic carbocycles. The number of benzene rings is 1. The average molecular weight is 398 g/mol. The molecule has 1 aliphatic rings. The maximum absolute atomic E-state index is 12.2. The quantitative estimate of drug-likeness (QED) is 0.625. The molecule has 1 saturated heterocycles. The first kappa shape index (κ1) is 21.5. The van der Waals surface area contributed by atoms with Crippen molar-refractivity contribution in [2.75, 3.05) is 32.5 Å². The van der Waals surface area contributed by atoms with E-state index < -0.39 is 10.0 Å². The number of carbonyl (C=O) groups excluding carboxylic acids is 1. The summed E-state index contributed by atoms with van der Waals surface area (Å²) in [5.41, 5.74) is 1.21. The summed E-state index contributed by atoms with van der Waals surface area (Å²) >= 11 is 0. The summed E-state index contributed by atoms with van der Waals surface area (Å²) in [7, 11) is -1.55. The van der Waals surface area contributed by atoms with Crippen LogP contribution in [0.3, 0.4) is 0 Å². The van der Waals surface area contributed by atoms with E-state index in [4.69, 9.17) is 4.74 Å². The number of piperidine rings is 1. The summed E-state index contributed by atoms with van der Waals surface area (Å²) in [4.78, 5) is 14.0. The van der Waals surface area contributed by atoms with Crippen molar-refractivity contribution in [2.24, 2.45) is 0 Å². The van der Waals surface area contributed by atoms with Gasteiger partial charge in [-0.2, -0.15) is 0 Å². The number of rotatable bonds is 9.